The Kier molecular flexibility index (Phi) is 4.30. The molecular formula is C11H13ClN2O3. The van der Waals surface area contributed by atoms with Crippen LogP contribution in [0.2, 0.25) is 5.15 Å². The van der Waals surface area contributed by atoms with Crippen molar-refractivity contribution >= 4 is 17.5 Å². The van der Waals surface area contributed by atoms with Crippen LogP contribution >= 0.6 is 11.6 Å². The van der Waals surface area contributed by atoms with Crippen LogP contribution in [0.25, 0.3) is 0 Å². The number of amides is 1. The summed E-state index contributed by atoms with van der Waals surface area (Å²) in [6, 6.07) is 3.13. The number of pyridine rings is 1. The summed E-state index contributed by atoms with van der Waals surface area (Å²) < 4.78 is 5.31. The van der Waals surface area contributed by atoms with Gasteiger partial charge in [-0.25, -0.2) is 15.3 Å². The number of hydroxylamine groups is 1. The van der Waals surface area contributed by atoms with Gasteiger partial charge in [0.15, 0.2) is 6.29 Å². The molecule has 1 aliphatic heterocycles. The maximum Gasteiger partial charge on any atom is 0.276 e. The Balaban J connectivity index is 1.82. The van der Waals surface area contributed by atoms with Crippen molar-refractivity contribution in [2.75, 3.05) is 6.61 Å². The Hall–Kier alpha value is -1.17. The van der Waals surface area contributed by atoms with Crippen molar-refractivity contribution in [3.8, 4) is 0 Å². The Morgan fingerprint density at radius 2 is 2.41 bits per heavy atom. The van der Waals surface area contributed by atoms with Crippen LogP contribution in [-0.2, 0) is 9.57 Å². The first-order chi connectivity index (χ1) is 8.25. The minimum Gasteiger partial charge on any atom is -0.350 e. The fourth-order valence-electron chi connectivity index (χ4n) is 1.49. The average molecular weight is 257 g/mol. The highest BCUT2D eigenvalue weighted by molar-refractivity contribution is 6.29. The molecule has 1 aliphatic rings. The summed E-state index contributed by atoms with van der Waals surface area (Å²) in [5, 5.41) is 0.345. The molecule has 1 atom stereocenters. The number of carbonyl (C=O) groups is 1. The number of aromatic nitrogens is 1. The monoisotopic (exact) mass is 256 g/mol. The van der Waals surface area contributed by atoms with E-state index in [1.54, 1.807) is 12.1 Å². The second-order valence-electron chi connectivity index (χ2n) is 3.71. The van der Waals surface area contributed by atoms with Crippen LogP contribution in [0.15, 0.2) is 18.3 Å². The van der Waals surface area contributed by atoms with E-state index in [9.17, 15) is 4.79 Å². The zero-order chi connectivity index (χ0) is 12.1. The van der Waals surface area contributed by atoms with Gasteiger partial charge in [-0.1, -0.05) is 11.6 Å². The molecule has 1 aromatic heterocycles. The number of halogens is 1. The molecule has 1 amide bonds. The molecule has 0 radical (unpaired) electrons. The van der Waals surface area contributed by atoms with Gasteiger partial charge in [0.05, 0.1) is 5.56 Å². The van der Waals surface area contributed by atoms with Crippen molar-refractivity contribution in [1.82, 2.24) is 10.5 Å². The second-order valence-corrected chi connectivity index (χ2v) is 4.10. The first-order valence-corrected chi connectivity index (χ1v) is 5.82. The quantitative estimate of drug-likeness (QED) is 0.663. The van der Waals surface area contributed by atoms with Crippen LogP contribution in [-0.4, -0.2) is 23.8 Å². The summed E-state index contributed by atoms with van der Waals surface area (Å²) in [5.74, 6) is -0.358. The van der Waals surface area contributed by atoms with Crippen molar-refractivity contribution < 1.29 is 14.4 Å². The van der Waals surface area contributed by atoms with Gasteiger partial charge in [0.2, 0.25) is 0 Å². The smallest absolute Gasteiger partial charge is 0.276 e. The number of hydrogen-bond acceptors (Lipinski definition) is 4. The number of rotatable bonds is 3. The third kappa shape index (κ3) is 3.66. The zero-order valence-electron chi connectivity index (χ0n) is 9.19. The lowest BCUT2D eigenvalue weighted by molar-refractivity contribution is -0.186. The van der Waals surface area contributed by atoms with Crippen molar-refractivity contribution in [3.63, 3.8) is 0 Å². The number of nitrogens with one attached hydrogen (secondary N) is 1. The minimum atomic E-state index is -0.358. The highest BCUT2D eigenvalue weighted by atomic mass is 35.5. The highest BCUT2D eigenvalue weighted by Crippen LogP contribution is 2.12. The lowest BCUT2D eigenvalue weighted by Crippen LogP contribution is -2.33. The SMILES string of the molecule is O=C(NOC1CCCCO1)c1ccc(Cl)nc1. The summed E-state index contributed by atoms with van der Waals surface area (Å²) >= 11 is 5.62. The molecule has 1 unspecified atom stereocenters. The summed E-state index contributed by atoms with van der Waals surface area (Å²) in [5.41, 5.74) is 2.73. The van der Waals surface area contributed by atoms with E-state index in [0.29, 0.717) is 17.3 Å². The summed E-state index contributed by atoms with van der Waals surface area (Å²) in [6.07, 6.45) is 3.91. The lowest BCUT2D eigenvalue weighted by Gasteiger charge is -2.22. The van der Waals surface area contributed by atoms with Crippen LogP contribution in [0.3, 0.4) is 0 Å². The number of hydrogen-bond donors (Lipinski definition) is 1. The zero-order valence-corrected chi connectivity index (χ0v) is 9.94. The third-order valence-electron chi connectivity index (χ3n) is 2.41. The molecule has 0 bridgehead atoms. The topological polar surface area (TPSA) is 60.5 Å². The molecule has 6 heteroatoms. The largest absolute Gasteiger partial charge is 0.350 e. The average Bonchev–Trinajstić information content (AvgIpc) is 2.38. The predicted molar refractivity (Wildman–Crippen MR) is 61.4 cm³/mol. The van der Waals surface area contributed by atoms with Gasteiger partial charge >= 0.3 is 0 Å². The number of nitrogens with zero attached hydrogens (tertiary/aromatic N) is 1. The van der Waals surface area contributed by atoms with E-state index in [0.717, 1.165) is 19.3 Å². The Morgan fingerprint density at radius 3 is 3.06 bits per heavy atom. The summed E-state index contributed by atoms with van der Waals surface area (Å²) in [7, 11) is 0. The molecule has 17 heavy (non-hydrogen) atoms. The normalized spacial score (nSPS) is 19.9. The van der Waals surface area contributed by atoms with Crippen LogP contribution in [0.4, 0.5) is 0 Å². The molecular weight excluding hydrogens is 244 g/mol. The van der Waals surface area contributed by atoms with E-state index in [1.807, 2.05) is 0 Å². The molecule has 1 N–H and O–H groups in total. The van der Waals surface area contributed by atoms with Crippen LogP contribution in [0.1, 0.15) is 29.6 Å². The van der Waals surface area contributed by atoms with Gasteiger partial charge in [-0.15, -0.1) is 0 Å². The van der Waals surface area contributed by atoms with Gasteiger partial charge in [-0.05, 0) is 25.0 Å². The van der Waals surface area contributed by atoms with Gasteiger partial charge in [0, 0.05) is 19.2 Å². The van der Waals surface area contributed by atoms with Crippen molar-refractivity contribution in [1.29, 1.82) is 0 Å². The van der Waals surface area contributed by atoms with Crippen molar-refractivity contribution in [2.45, 2.75) is 25.6 Å². The van der Waals surface area contributed by atoms with Crippen LogP contribution in [0.5, 0.6) is 0 Å². The fourth-order valence-corrected chi connectivity index (χ4v) is 1.60. The van der Waals surface area contributed by atoms with Crippen molar-refractivity contribution in [2.24, 2.45) is 0 Å². The van der Waals surface area contributed by atoms with Crippen molar-refractivity contribution in [3.05, 3.63) is 29.0 Å². The Labute approximate surface area is 104 Å². The maximum atomic E-state index is 11.6. The standard InChI is InChI=1S/C11H13ClN2O3/c12-9-5-4-8(7-13-9)11(15)14-17-10-3-1-2-6-16-10/h4-5,7,10H,1-3,6H2,(H,14,15). The van der Waals surface area contributed by atoms with Crippen LogP contribution in [0, 0.1) is 0 Å². The number of ether oxygens (including phenoxy) is 1. The molecule has 1 fully saturated rings. The Morgan fingerprint density at radius 1 is 1.53 bits per heavy atom. The van der Waals surface area contributed by atoms with Gasteiger partial charge in [-0.2, -0.15) is 0 Å². The number of carbonyl (C=O) groups excluding carboxylic acids is 1. The fraction of sp³-hybridized carbons (Fsp3) is 0.455. The molecule has 2 rings (SSSR count). The molecule has 1 saturated heterocycles. The van der Waals surface area contributed by atoms with Crippen LogP contribution < -0.4 is 5.48 Å². The van der Waals surface area contributed by atoms with Gasteiger partial charge < -0.3 is 4.74 Å². The maximum absolute atomic E-state index is 11.6. The van der Waals surface area contributed by atoms with E-state index in [4.69, 9.17) is 21.2 Å². The molecule has 0 spiro atoms. The van der Waals surface area contributed by atoms with Gasteiger partial charge in [0.25, 0.3) is 5.91 Å². The summed E-state index contributed by atoms with van der Waals surface area (Å²) in [4.78, 5) is 20.6. The predicted octanol–water partition coefficient (Wildman–Crippen LogP) is 1.92. The molecule has 1 aromatic rings. The molecule has 2 heterocycles. The molecule has 5 nitrogen and oxygen atoms in total. The van der Waals surface area contributed by atoms with Gasteiger partial charge in [0.1, 0.15) is 5.15 Å². The molecule has 0 aromatic carbocycles. The molecule has 92 valence electrons. The second kappa shape index (κ2) is 5.95. The van der Waals surface area contributed by atoms with E-state index < -0.39 is 0 Å². The first kappa shape index (κ1) is 12.3. The minimum absolute atomic E-state index is 0.345. The first-order valence-electron chi connectivity index (χ1n) is 5.45. The molecule has 0 aliphatic carbocycles. The van der Waals surface area contributed by atoms with E-state index in [1.165, 1.54) is 6.20 Å². The van der Waals surface area contributed by atoms with Gasteiger partial charge in [-0.3, -0.25) is 4.79 Å². The third-order valence-corrected chi connectivity index (χ3v) is 2.63. The highest BCUT2D eigenvalue weighted by Gasteiger charge is 2.16. The lowest BCUT2D eigenvalue weighted by atomic mass is 10.2. The molecule has 0 saturated carbocycles. The van der Waals surface area contributed by atoms with E-state index in [-0.39, 0.29) is 12.2 Å². The summed E-state index contributed by atoms with van der Waals surface area (Å²) in [6.45, 7) is 0.670. The van der Waals surface area contributed by atoms with E-state index in [2.05, 4.69) is 10.5 Å². The van der Waals surface area contributed by atoms with E-state index >= 15 is 0 Å². The Bertz CT molecular complexity index is 377.